The first-order chi connectivity index (χ1) is 14.0. The largest absolute Gasteiger partial charge is 0.477 e. The maximum absolute atomic E-state index is 12.3. The molecule has 1 aliphatic rings. The van der Waals surface area contributed by atoms with Crippen LogP contribution < -0.4 is 5.32 Å². The Balaban J connectivity index is 1.72. The minimum Gasteiger partial charge on any atom is -0.477 e. The highest BCUT2D eigenvalue weighted by Crippen LogP contribution is 2.29. The number of nitrogens with one attached hydrogen (secondary N) is 1. The van der Waals surface area contributed by atoms with Crippen LogP contribution in [-0.2, 0) is 13.1 Å². The Morgan fingerprint density at radius 1 is 1.10 bits per heavy atom. The standard InChI is InChI=1S/C25H30N2O2/c1-17-11-13-19(14-12-17)16-27-23-10-6-4-8-20(23)21(24(27)25(28)29)15-26-22-9-5-3-7-18(22)2/h4,6,8,10-14,18,22,26H,3,5,7,9,15-16H2,1-2H3,(H,28,29)/t18-,22-/m0/s1. The molecule has 0 bridgehead atoms. The van der Waals surface area contributed by atoms with Crippen molar-refractivity contribution in [3.05, 3.63) is 70.9 Å². The van der Waals surface area contributed by atoms with Crippen LogP contribution in [-0.4, -0.2) is 21.7 Å². The fraction of sp³-hybridized carbons (Fsp3) is 0.400. The van der Waals surface area contributed by atoms with Crippen LogP contribution >= 0.6 is 0 Å². The predicted molar refractivity (Wildman–Crippen MR) is 117 cm³/mol. The van der Waals surface area contributed by atoms with Crippen molar-refractivity contribution in [2.75, 3.05) is 0 Å². The van der Waals surface area contributed by atoms with E-state index in [1.807, 2.05) is 22.8 Å². The number of aromatic nitrogens is 1. The van der Waals surface area contributed by atoms with E-state index in [-0.39, 0.29) is 0 Å². The summed E-state index contributed by atoms with van der Waals surface area (Å²) in [5.41, 5.74) is 4.61. The van der Waals surface area contributed by atoms with Gasteiger partial charge in [0.2, 0.25) is 0 Å². The van der Waals surface area contributed by atoms with Crippen LogP contribution in [0.2, 0.25) is 0 Å². The summed E-state index contributed by atoms with van der Waals surface area (Å²) in [7, 11) is 0. The second-order valence-electron chi connectivity index (χ2n) is 8.47. The first kappa shape index (κ1) is 19.7. The smallest absolute Gasteiger partial charge is 0.352 e. The third-order valence-corrected chi connectivity index (χ3v) is 6.39. The molecule has 1 saturated carbocycles. The fourth-order valence-electron chi connectivity index (χ4n) is 4.69. The van der Waals surface area contributed by atoms with Crippen LogP contribution in [0.5, 0.6) is 0 Å². The van der Waals surface area contributed by atoms with Crippen LogP contribution in [0.3, 0.4) is 0 Å². The zero-order valence-electron chi connectivity index (χ0n) is 17.3. The number of nitrogens with zero attached hydrogens (tertiary/aromatic N) is 1. The molecule has 4 rings (SSSR count). The second kappa shape index (κ2) is 8.42. The van der Waals surface area contributed by atoms with E-state index in [9.17, 15) is 9.90 Å². The van der Waals surface area contributed by atoms with Gasteiger partial charge in [0, 0.05) is 35.6 Å². The van der Waals surface area contributed by atoms with Crippen LogP contribution in [0.4, 0.5) is 0 Å². The number of aromatic carboxylic acids is 1. The summed E-state index contributed by atoms with van der Waals surface area (Å²) in [6.45, 7) is 5.52. The van der Waals surface area contributed by atoms with Gasteiger partial charge in [0.1, 0.15) is 5.69 Å². The lowest BCUT2D eigenvalue weighted by Gasteiger charge is -2.29. The number of hydrogen-bond acceptors (Lipinski definition) is 2. The van der Waals surface area contributed by atoms with Gasteiger partial charge in [-0.05, 0) is 37.3 Å². The van der Waals surface area contributed by atoms with E-state index >= 15 is 0 Å². The molecular formula is C25H30N2O2. The van der Waals surface area contributed by atoms with E-state index in [0.717, 1.165) is 22.0 Å². The van der Waals surface area contributed by atoms with Crippen molar-refractivity contribution in [2.24, 2.45) is 5.92 Å². The average Bonchev–Trinajstić information content (AvgIpc) is 3.03. The molecule has 1 fully saturated rings. The van der Waals surface area contributed by atoms with Crippen molar-refractivity contribution in [1.29, 1.82) is 0 Å². The normalized spacial score (nSPS) is 19.5. The Hall–Kier alpha value is -2.59. The van der Waals surface area contributed by atoms with Gasteiger partial charge in [-0.15, -0.1) is 0 Å². The summed E-state index contributed by atoms with van der Waals surface area (Å²) < 4.78 is 1.96. The number of rotatable bonds is 6. The monoisotopic (exact) mass is 390 g/mol. The summed E-state index contributed by atoms with van der Waals surface area (Å²) in [5.74, 6) is -0.222. The molecule has 152 valence electrons. The minimum absolute atomic E-state index is 0.405. The fourth-order valence-corrected chi connectivity index (χ4v) is 4.69. The quantitative estimate of drug-likeness (QED) is 0.595. The van der Waals surface area contributed by atoms with Gasteiger partial charge in [-0.3, -0.25) is 0 Å². The lowest BCUT2D eigenvalue weighted by molar-refractivity contribution is 0.0684. The van der Waals surface area contributed by atoms with Crippen molar-refractivity contribution in [3.63, 3.8) is 0 Å². The topological polar surface area (TPSA) is 54.3 Å². The molecule has 0 aliphatic heterocycles. The predicted octanol–water partition coefficient (Wildman–Crippen LogP) is 5.36. The van der Waals surface area contributed by atoms with Crippen LogP contribution in [0.25, 0.3) is 10.9 Å². The van der Waals surface area contributed by atoms with Gasteiger partial charge in [0.25, 0.3) is 0 Å². The zero-order chi connectivity index (χ0) is 20.4. The first-order valence-corrected chi connectivity index (χ1v) is 10.7. The molecule has 0 saturated heterocycles. The van der Waals surface area contributed by atoms with E-state index in [1.165, 1.54) is 31.2 Å². The summed E-state index contributed by atoms with van der Waals surface area (Å²) in [4.78, 5) is 12.3. The number of carbonyl (C=O) groups is 1. The number of para-hydroxylation sites is 1. The molecule has 2 aromatic carbocycles. The van der Waals surface area contributed by atoms with Crippen LogP contribution in [0, 0.1) is 12.8 Å². The summed E-state index contributed by atoms with van der Waals surface area (Å²) in [5, 5.41) is 14.8. The lowest BCUT2D eigenvalue weighted by atomic mass is 9.86. The van der Waals surface area contributed by atoms with Gasteiger partial charge in [-0.2, -0.15) is 0 Å². The number of carboxylic acids is 1. The molecule has 0 spiro atoms. The van der Waals surface area contributed by atoms with Gasteiger partial charge in [-0.25, -0.2) is 4.79 Å². The van der Waals surface area contributed by atoms with Crippen molar-refractivity contribution in [3.8, 4) is 0 Å². The van der Waals surface area contributed by atoms with Gasteiger partial charge >= 0.3 is 5.97 Å². The number of aryl methyl sites for hydroxylation is 1. The van der Waals surface area contributed by atoms with E-state index in [1.54, 1.807) is 0 Å². The summed E-state index contributed by atoms with van der Waals surface area (Å²) in [6, 6.07) is 16.8. The lowest BCUT2D eigenvalue weighted by Crippen LogP contribution is -2.37. The maximum Gasteiger partial charge on any atom is 0.352 e. The molecule has 3 aromatic rings. The van der Waals surface area contributed by atoms with E-state index < -0.39 is 5.97 Å². The Morgan fingerprint density at radius 3 is 2.55 bits per heavy atom. The third-order valence-electron chi connectivity index (χ3n) is 6.39. The molecule has 4 nitrogen and oxygen atoms in total. The van der Waals surface area contributed by atoms with Gasteiger partial charge in [0.15, 0.2) is 0 Å². The molecule has 1 heterocycles. The average molecular weight is 391 g/mol. The Kier molecular flexibility index (Phi) is 5.72. The zero-order valence-corrected chi connectivity index (χ0v) is 17.3. The molecule has 1 aromatic heterocycles. The van der Waals surface area contributed by atoms with E-state index in [0.29, 0.717) is 30.7 Å². The third kappa shape index (κ3) is 4.08. The highest BCUT2D eigenvalue weighted by Gasteiger charge is 2.25. The molecule has 29 heavy (non-hydrogen) atoms. The molecule has 0 radical (unpaired) electrons. The molecular weight excluding hydrogens is 360 g/mol. The van der Waals surface area contributed by atoms with Crippen LogP contribution in [0.15, 0.2) is 48.5 Å². The Labute approximate surface area is 172 Å². The van der Waals surface area contributed by atoms with Gasteiger partial charge in [-0.1, -0.05) is 67.8 Å². The van der Waals surface area contributed by atoms with Crippen molar-refractivity contribution in [2.45, 2.75) is 58.7 Å². The van der Waals surface area contributed by atoms with Crippen molar-refractivity contribution in [1.82, 2.24) is 9.88 Å². The minimum atomic E-state index is -0.859. The van der Waals surface area contributed by atoms with Gasteiger partial charge < -0.3 is 15.0 Å². The summed E-state index contributed by atoms with van der Waals surface area (Å²) >= 11 is 0. The van der Waals surface area contributed by atoms with E-state index in [4.69, 9.17) is 0 Å². The number of hydrogen-bond donors (Lipinski definition) is 2. The van der Waals surface area contributed by atoms with Crippen LogP contribution in [0.1, 0.15) is 59.8 Å². The Bertz CT molecular complexity index is 1000. The Morgan fingerprint density at radius 2 is 1.83 bits per heavy atom. The number of benzene rings is 2. The van der Waals surface area contributed by atoms with Crippen molar-refractivity contribution >= 4 is 16.9 Å². The highest BCUT2D eigenvalue weighted by atomic mass is 16.4. The molecule has 0 amide bonds. The van der Waals surface area contributed by atoms with Crippen molar-refractivity contribution < 1.29 is 9.90 Å². The highest BCUT2D eigenvalue weighted by molar-refractivity contribution is 5.98. The SMILES string of the molecule is Cc1ccc(Cn2c(C(=O)O)c(CN[C@H]3CCCC[C@@H]3C)c3ccccc32)cc1. The molecule has 1 aliphatic carbocycles. The maximum atomic E-state index is 12.3. The molecule has 2 atom stereocenters. The first-order valence-electron chi connectivity index (χ1n) is 10.7. The number of carboxylic acid groups (broad SMARTS) is 1. The van der Waals surface area contributed by atoms with Gasteiger partial charge in [0.05, 0.1) is 0 Å². The molecule has 2 N–H and O–H groups in total. The second-order valence-corrected chi connectivity index (χ2v) is 8.47. The summed E-state index contributed by atoms with van der Waals surface area (Å²) in [6.07, 6.45) is 4.97. The number of fused-ring (bicyclic) bond motifs is 1. The molecule has 0 unspecified atom stereocenters. The molecule has 4 heteroatoms. The van der Waals surface area contributed by atoms with E-state index in [2.05, 4.69) is 49.5 Å².